The van der Waals surface area contributed by atoms with Crippen LogP contribution in [0.5, 0.6) is 11.5 Å². The largest absolute Gasteiger partial charge is 0.490 e. The molecule has 2 aromatic rings. The van der Waals surface area contributed by atoms with E-state index < -0.39 is 10.0 Å². The summed E-state index contributed by atoms with van der Waals surface area (Å²) < 4.78 is 38.2. The van der Waals surface area contributed by atoms with Gasteiger partial charge >= 0.3 is 0 Å². The summed E-state index contributed by atoms with van der Waals surface area (Å²) in [7, 11) is -3.63. The van der Waals surface area contributed by atoms with Gasteiger partial charge in [0.1, 0.15) is 18.1 Å². The molecule has 1 amide bonds. The molecule has 0 saturated heterocycles. The van der Waals surface area contributed by atoms with E-state index in [0.29, 0.717) is 31.1 Å². The van der Waals surface area contributed by atoms with E-state index in [1.165, 1.54) is 18.2 Å². The smallest absolute Gasteiger partial charge is 0.265 e. The maximum Gasteiger partial charge on any atom is 0.265 e. The number of carbonyl (C=O) groups is 1. The zero-order chi connectivity index (χ0) is 20.9. The molecule has 0 spiro atoms. The Balaban J connectivity index is 1.65. The standard InChI is InChI=1S/C20H23ClN2O5S/c1-2-3-10-22-29(25,26)15-8-9-18(16(21)13-15)28-14-20(24)23-11-12-27-19-7-5-4-6-17(19)23/h4-9,13,22H,2-3,10-12,14H2,1H3. The van der Waals surface area contributed by atoms with Crippen LogP contribution in [-0.4, -0.2) is 40.6 Å². The summed E-state index contributed by atoms with van der Waals surface area (Å²) in [5.41, 5.74) is 0.693. The monoisotopic (exact) mass is 438 g/mol. The van der Waals surface area contributed by atoms with E-state index in [-0.39, 0.29) is 28.2 Å². The number of fused-ring (bicyclic) bond motifs is 1. The average Bonchev–Trinajstić information content (AvgIpc) is 2.72. The first-order valence-electron chi connectivity index (χ1n) is 9.36. The third-order valence-corrected chi connectivity index (χ3v) is 6.17. The number of ether oxygens (including phenoxy) is 2. The van der Waals surface area contributed by atoms with Crippen LogP contribution in [0.2, 0.25) is 5.02 Å². The lowest BCUT2D eigenvalue weighted by atomic mass is 10.2. The van der Waals surface area contributed by atoms with E-state index >= 15 is 0 Å². The number of hydrogen-bond donors (Lipinski definition) is 1. The average molecular weight is 439 g/mol. The Hall–Kier alpha value is -2.29. The van der Waals surface area contributed by atoms with Gasteiger partial charge in [-0.1, -0.05) is 37.1 Å². The molecule has 1 aliphatic rings. The van der Waals surface area contributed by atoms with Crippen LogP contribution in [0.3, 0.4) is 0 Å². The molecule has 3 rings (SSSR count). The minimum Gasteiger partial charge on any atom is -0.490 e. The molecule has 0 atom stereocenters. The fourth-order valence-electron chi connectivity index (χ4n) is 2.88. The number of unbranched alkanes of at least 4 members (excludes halogenated alkanes) is 1. The molecule has 1 heterocycles. The summed E-state index contributed by atoms with van der Waals surface area (Å²) in [6.07, 6.45) is 1.64. The third kappa shape index (κ3) is 5.20. The number of hydrogen-bond acceptors (Lipinski definition) is 5. The van der Waals surface area contributed by atoms with Gasteiger partial charge in [0.2, 0.25) is 10.0 Å². The first-order valence-corrected chi connectivity index (χ1v) is 11.2. The Labute approximate surface area is 175 Å². The van der Waals surface area contributed by atoms with Crippen molar-refractivity contribution in [3.8, 4) is 11.5 Å². The molecule has 0 aromatic heterocycles. The van der Waals surface area contributed by atoms with Crippen molar-refractivity contribution in [2.24, 2.45) is 0 Å². The number of benzene rings is 2. The van der Waals surface area contributed by atoms with Crippen LogP contribution in [0, 0.1) is 0 Å². The van der Waals surface area contributed by atoms with Crippen LogP contribution in [0.15, 0.2) is 47.4 Å². The molecule has 0 fully saturated rings. The minimum absolute atomic E-state index is 0.0550. The highest BCUT2D eigenvalue weighted by atomic mass is 35.5. The summed E-state index contributed by atoms with van der Waals surface area (Å²) in [5.74, 6) is 0.652. The number of halogens is 1. The Morgan fingerprint density at radius 1 is 1.28 bits per heavy atom. The lowest BCUT2D eigenvalue weighted by Crippen LogP contribution is -2.40. The molecular formula is C20H23ClN2O5S. The molecule has 9 heteroatoms. The van der Waals surface area contributed by atoms with E-state index in [2.05, 4.69) is 4.72 Å². The number of nitrogens with zero attached hydrogens (tertiary/aromatic N) is 1. The molecule has 2 aromatic carbocycles. The normalized spacial score (nSPS) is 13.5. The van der Waals surface area contributed by atoms with Gasteiger partial charge < -0.3 is 14.4 Å². The molecular weight excluding hydrogens is 416 g/mol. The SMILES string of the molecule is CCCCNS(=O)(=O)c1ccc(OCC(=O)N2CCOc3ccccc32)c(Cl)c1. The topological polar surface area (TPSA) is 84.9 Å². The predicted molar refractivity (Wildman–Crippen MR) is 111 cm³/mol. The van der Waals surface area contributed by atoms with E-state index in [1.54, 1.807) is 11.0 Å². The quantitative estimate of drug-likeness (QED) is 0.639. The number of amides is 1. The van der Waals surface area contributed by atoms with Gasteiger partial charge in [0, 0.05) is 6.54 Å². The van der Waals surface area contributed by atoms with Gasteiger partial charge in [-0.2, -0.15) is 0 Å². The number of anilines is 1. The highest BCUT2D eigenvalue weighted by molar-refractivity contribution is 7.89. The number of para-hydroxylation sites is 2. The summed E-state index contributed by atoms with van der Waals surface area (Å²) >= 11 is 6.18. The van der Waals surface area contributed by atoms with E-state index in [4.69, 9.17) is 21.1 Å². The van der Waals surface area contributed by atoms with Gasteiger partial charge in [-0.25, -0.2) is 13.1 Å². The molecule has 156 valence electrons. The second-order valence-electron chi connectivity index (χ2n) is 6.49. The Morgan fingerprint density at radius 2 is 2.07 bits per heavy atom. The van der Waals surface area contributed by atoms with Crippen molar-refractivity contribution in [1.82, 2.24) is 4.72 Å². The van der Waals surface area contributed by atoms with Crippen LogP contribution < -0.4 is 19.1 Å². The lowest BCUT2D eigenvalue weighted by molar-refractivity contribution is -0.120. The van der Waals surface area contributed by atoms with Crippen molar-refractivity contribution in [1.29, 1.82) is 0 Å². The minimum atomic E-state index is -3.63. The Bertz CT molecular complexity index is 981. The predicted octanol–water partition coefficient (Wildman–Crippen LogP) is 3.22. The fraction of sp³-hybridized carbons (Fsp3) is 0.350. The third-order valence-electron chi connectivity index (χ3n) is 4.42. The van der Waals surface area contributed by atoms with Gasteiger partial charge in [-0.05, 0) is 36.8 Å². The summed E-state index contributed by atoms with van der Waals surface area (Å²) in [6.45, 7) is 2.95. The van der Waals surface area contributed by atoms with Crippen LogP contribution in [0.4, 0.5) is 5.69 Å². The number of rotatable bonds is 8. The first kappa shape index (κ1) is 21.4. The maximum absolute atomic E-state index is 12.6. The van der Waals surface area contributed by atoms with Crippen molar-refractivity contribution in [2.45, 2.75) is 24.7 Å². The van der Waals surface area contributed by atoms with Crippen LogP contribution in [0.25, 0.3) is 0 Å². The van der Waals surface area contributed by atoms with Gasteiger partial charge in [0.25, 0.3) is 5.91 Å². The summed E-state index contributed by atoms with van der Waals surface area (Å²) in [5, 5.41) is 0.124. The van der Waals surface area contributed by atoms with Crippen molar-refractivity contribution >= 4 is 33.2 Å². The first-order chi connectivity index (χ1) is 13.9. The summed E-state index contributed by atoms with van der Waals surface area (Å²) in [4.78, 5) is 14.3. The van der Waals surface area contributed by atoms with E-state index in [9.17, 15) is 13.2 Å². The second-order valence-corrected chi connectivity index (χ2v) is 8.67. The van der Waals surface area contributed by atoms with Gasteiger partial charge in [-0.3, -0.25) is 4.79 Å². The molecule has 29 heavy (non-hydrogen) atoms. The number of nitrogens with one attached hydrogen (secondary N) is 1. The molecule has 1 aliphatic heterocycles. The highest BCUT2D eigenvalue weighted by Crippen LogP contribution is 2.31. The van der Waals surface area contributed by atoms with Crippen molar-refractivity contribution in [3.05, 3.63) is 47.5 Å². The molecule has 0 radical (unpaired) electrons. The van der Waals surface area contributed by atoms with Gasteiger partial charge in [-0.15, -0.1) is 0 Å². The molecule has 1 N–H and O–H groups in total. The van der Waals surface area contributed by atoms with Crippen molar-refractivity contribution in [3.63, 3.8) is 0 Å². The molecule has 7 nitrogen and oxygen atoms in total. The molecule has 0 bridgehead atoms. The lowest BCUT2D eigenvalue weighted by Gasteiger charge is -2.29. The Kier molecular flexibility index (Phi) is 7.00. The molecule has 0 saturated carbocycles. The van der Waals surface area contributed by atoms with Gasteiger partial charge in [0.15, 0.2) is 6.61 Å². The number of sulfonamides is 1. The van der Waals surface area contributed by atoms with E-state index in [0.717, 1.165) is 12.8 Å². The van der Waals surface area contributed by atoms with Crippen LogP contribution in [0.1, 0.15) is 19.8 Å². The van der Waals surface area contributed by atoms with Gasteiger partial charge in [0.05, 0.1) is 22.2 Å². The van der Waals surface area contributed by atoms with E-state index in [1.807, 2.05) is 25.1 Å². The highest BCUT2D eigenvalue weighted by Gasteiger charge is 2.24. The molecule has 0 unspecified atom stereocenters. The van der Waals surface area contributed by atoms with Crippen LogP contribution >= 0.6 is 11.6 Å². The maximum atomic E-state index is 12.6. The van der Waals surface area contributed by atoms with Crippen molar-refractivity contribution in [2.75, 3.05) is 31.2 Å². The fourth-order valence-corrected chi connectivity index (χ4v) is 4.28. The molecule has 0 aliphatic carbocycles. The zero-order valence-corrected chi connectivity index (χ0v) is 17.6. The Morgan fingerprint density at radius 3 is 2.83 bits per heavy atom. The summed E-state index contributed by atoms with van der Waals surface area (Å²) in [6, 6.07) is 11.5. The second kappa shape index (κ2) is 9.47. The van der Waals surface area contributed by atoms with Crippen LogP contribution in [-0.2, 0) is 14.8 Å². The van der Waals surface area contributed by atoms with Crippen molar-refractivity contribution < 1.29 is 22.7 Å². The zero-order valence-electron chi connectivity index (χ0n) is 16.1. The number of carbonyl (C=O) groups excluding carboxylic acids is 1.